The maximum atomic E-state index is 6.08. The van der Waals surface area contributed by atoms with E-state index in [1.807, 2.05) is 6.92 Å². The van der Waals surface area contributed by atoms with Crippen LogP contribution in [-0.2, 0) is 5.41 Å². The van der Waals surface area contributed by atoms with Crippen LogP contribution in [0.15, 0.2) is 0 Å². The van der Waals surface area contributed by atoms with E-state index >= 15 is 0 Å². The molecule has 0 radical (unpaired) electrons. The second kappa shape index (κ2) is 6.20. The third kappa shape index (κ3) is 3.86. The molecule has 4 nitrogen and oxygen atoms in total. The Labute approximate surface area is 128 Å². The van der Waals surface area contributed by atoms with Crippen molar-refractivity contribution in [3.05, 3.63) is 11.4 Å². The Morgan fingerprint density at radius 3 is 2.29 bits per heavy atom. The molecule has 4 heteroatoms. The van der Waals surface area contributed by atoms with Crippen LogP contribution < -0.4 is 11.1 Å². The van der Waals surface area contributed by atoms with E-state index in [4.69, 9.17) is 10.7 Å². The van der Waals surface area contributed by atoms with Crippen LogP contribution in [0.1, 0.15) is 71.2 Å². The minimum atomic E-state index is -0.0852. The molecule has 1 aliphatic rings. The monoisotopic (exact) mass is 290 g/mol. The zero-order valence-corrected chi connectivity index (χ0v) is 14.2. The van der Waals surface area contributed by atoms with E-state index in [0.717, 1.165) is 23.1 Å². The molecule has 2 rings (SSSR count). The first-order valence-electron chi connectivity index (χ1n) is 8.22. The summed E-state index contributed by atoms with van der Waals surface area (Å²) in [5.74, 6) is 3.24. The average Bonchev–Trinajstić information content (AvgIpc) is 2.43. The van der Waals surface area contributed by atoms with Gasteiger partial charge in [0, 0.05) is 17.0 Å². The van der Waals surface area contributed by atoms with Crippen molar-refractivity contribution in [3.63, 3.8) is 0 Å². The molecular weight excluding hydrogens is 260 g/mol. The zero-order valence-electron chi connectivity index (χ0n) is 14.2. The van der Waals surface area contributed by atoms with Gasteiger partial charge < -0.3 is 11.1 Å². The third-order valence-electron chi connectivity index (χ3n) is 4.62. The lowest BCUT2D eigenvalue weighted by atomic mass is 9.84. The van der Waals surface area contributed by atoms with Gasteiger partial charge in [-0.25, -0.2) is 9.97 Å². The standard InChI is InChI=1S/C17H30N4/c1-6-12-7-9-13(10-8-12)19-15-11(2)14(18)20-16(21-15)17(3,4)5/h12-13H,6-10H2,1-5H3,(H3,18,19,20,21). The first-order valence-corrected chi connectivity index (χ1v) is 8.22. The topological polar surface area (TPSA) is 63.8 Å². The SMILES string of the molecule is CCC1CCC(Nc2nc(C(C)(C)C)nc(N)c2C)CC1. The first kappa shape index (κ1) is 16.1. The normalized spacial score (nSPS) is 23.1. The second-order valence-corrected chi connectivity index (χ2v) is 7.43. The highest BCUT2D eigenvalue weighted by atomic mass is 15.1. The second-order valence-electron chi connectivity index (χ2n) is 7.43. The van der Waals surface area contributed by atoms with Crippen molar-refractivity contribution in [2.75, 3.05) is 11.1 Å². The first-order chi connectivity index (χ1) is 9.81. The Hall–Kier alpha value is -1.32. The number of nitrogens with two attached hydrogens (primary N) is 1. The van der Waals surface area contributed by atoms with E-state index in [1.54, 1.807) is 0 Å². The highest BCUT2D eigenvalue weighted by Gasteiger charge is 2.23. The number of hydrogen-bond donors (Lipinski definition) is 2. The number of nitrogens with one attached hydrogen (secondary N) is 1. The molecule has 3 N–H and O–H groups in total. The fourth-order valence-corrected chi connectivity index (χ4v) is 2.92. The summed E-state index contributed by atoms with van der Waals surface area (Å²) in [4.78, 5) is 9.19. The van der Waals surface area contributed by atoms with Crippen molar-refractivity contribution in [2.45, 2.75) is 78.2 Å². The zero-order chi connectivity index (χ0) is 15.6. The van der Waals surface area contributed by atoms with E-state index in [9.17, 15) is 0 Å². The molecule has 1 saturated carbocycles. The highest BCUT2D eigenvalue weighted by Crippen LogP contribution is 2.30. The van der Waals surface area contributed by atoms with Crippen LogP contribution in [-0.4, -0.2) is 16.0 Å². The third-order valence-corrected chi connectivity index (χ3v) is 4.62. The Bertz CT molecular complexity index is 482. The van der Waals surface area contributed by atoms with Crippen molar-refractivity contribution in [1.29, 1.82) is 0 Å². The molecule has 0 aliphatic heterocycles. The molecule has 0 saturated heterocycles. The lowest BCUT2D eigenvalue weighted by Gasteiger charge is -2.30. The maximum Gasteiger partial charge on any atom is 0.138 e. The summed E-state index contributed by atoms with van der Waals surface area (Å²) in [5.41, 5.74) is 6.96. The molecule has 0 spiro atoms. The fraction of sp³-hybridized carbons (Fsp3) is 0.765. The fourth-order valence-electron chi connectivity index (χ4n) is 2.92. The number of aromatic nitrogens is 2. The number of nitrogen functional groups attached to an aromatic ring is 1. The van der Waals surface area contributed by atoms with Gasteiger partial charge in [-0.1, -0.05) is 34.1 Å². The summed E-state index contributed by atoms with van der Waals surface area (Å²) >= 11 is 0. The Balaban J connectivity index is 2.14. The van der Waals surface area contributed by atoms with E-state index in [1.165, 1.54) is 32.1 Å². The van der Waals surface area contributed by atoms with Gasteiger partial charge in [-0.05, 0) is 38.5 Å². The van der Waals surface area contributed by atoms with Crippen LogP contribution in [0.3, 0.4) is 0 Å². The van der Waals surface area contributed by atoms with Gasteiger partial charge in [0.1, 0.15) is 17.5 Å². The van der Waals surface area contributed by atoms with E-state index in [0.29, 0.717) is 11.9 Å². The lowest BCUT2D eigenvalue weighted by Crippen LogP contribution is -2.28. The van der Waals surface area contributed by atoms with Gasteiger partial charge in [0.2, 0.25) is 0 Å². The molecule has 1 fully saturated rings. The Morgan fingerprint density at radius 2 is 1.76 bits per heavy atom. The van der Waals surface area contributed by atoms with Gasteiger partial charge in [0.05, 0.1) is 0 Å². The minimum Gasteiger partial charge on any atom is -0.383 e. The van der Waals surface area contributed by atoms with Gasteiger partial charge in [0.25, 0.3) is 0 Å². The van der Waals surface area contributed by atoms with Gasteiger partial charge in [-0.15, -0.1) is 0 Å². The summed E-state index contributed by atoms with van der Waals surface area (Å²) in [7, 11) is 0. The van der Waals surface area contributed by atoms with Crippen molar-refractivity contribution in [1.82, 2.24) is 9.97 Å². The van der Waals surface area contributed by atoms with Gasteiger partial charge >= 0.3 is 0 Å². The molecule has 1 aromatic heterocycles. The van der Waals surface area contributed by atoms with Crippen LogP contribution >= 0.6 is 0 Å². The largest absolute Gasteiger partial charge is 0.383 e. The van der Waals surface area contributed by atoms with Crippen LogP contribution in [0.2, 0.25) is 0 Å². The summed E-state index contributed by atoms with van der Waals surface area (Å²) < 4.78 is 0. The molecule has 0 bridgehead atoms. The summed E-state index contributed by atoms with van der Waals surface area (Å²) in [5, 5.41) is 3.62. The molecule has 1 heterocycles. The summed E-state index contributed by atoms with van der Waals surface area (Å²) in [6, 6.07) is 0.522. The Morgan fingerprint density at radius 1 is 1.14 bits per heavy atom. The molecule has 0 unspecified atom stereocenters. The summed E-state index contributed by atoms with van der Waals surface area (Å²) in [6.45, 7) is 10.7. The van der Waals surface area contributed by atoms with Gasteiger partial charge in [-0.3, -0.25) is 0 Å². The molecule has 0 atom stereocenters. The van der Waals surface area contributed by atoms with Crippen LogP contribution in [0.4, 0.5) is 11.6 Å². The van der Waals surface area contributed by atoms with Crippen molar-refractivity contribution < 1.29 is 0 Å². The lowest BCUT2D eigenvalue weighted by molar-refractivity contribution is 0.329. The van der Waals surface area contributed by atoms with Gasteiger partial charge in [-0.2, -0.15) is 0 Å². The highest BCUT2D eigenvalue weighted by molar-refractivity contribution is 5.55. The average molecular weight is 290 g/mol. The predicted molar refractivity (Wildman–Crippen MR) is 89.5 cm³/mol. The molecule has 1 aliphatic carbocycles. The van der Waals surface area contributed by atoms with Crippen molar-refractivity contribution in [2.24, 2.45) is 5.92 Å². The van der Waals surface area contributed by atoms with Crippen LogP contribution in [0.25, 0.3) is 0 Å². The van der Waals surface area contributed by atoms with Crippen LogP contribution in [0.5, 0.6) is 0 Å². The maximum absolute atomic E-state index is 6.08. The molecule has 1 aromatic rings. The molecule has 0 aromatic carbocycles. The molecule has 0 amide bonds. The van der Waals surface area contributed by atoms with E-state index in [-0.39, 0.29) is 5.41 Å². The minimum absolute atomic E-state index is 0.0852. The molecule has 21 heavy (non-hydrogen) atoms. The van der Waals surface area contributed by atoms with Gasteiger partial charge in [0.15, 0.2) is 0 Å². The van der Waals surface area contributed by atoms with E-state index in [2.05, 4.69) is 38.0 Å². The predicted octanol–water partition coefficient (Wildman–Crippen LogP) is 4.05. The molecular formula is C17H30N4. The number of anilines is 2. The van der Waals surface area contributed by atoms with Crippen molar-refractivity contribution >= 4 is 11.6 Å². The van der Waals surface area contributed by atoms with Crippen molar-refractivity contribution in [3.8, 4) is 0 Å². The number of rotatable bonds is 3. The quantitative estimate of drug-likeness (QED) is 0.881. The smallest absolute Gasteiger partial charge is 0.138 e. The molecule has 118 valence electrons. The summed E-state index contributed by atoms with van der Waals surface area (Å²) in [6.07, 6.45) is 6.40. The number of nitrogens with zero attached hydrogens (tertiary/aromatic N) is 2. The Kier molecular flexibility index (Phi) is 4.74. The van der Waals surface area contributed by atoms with E-state index < -0.39 is 0 Å². The van der Waals surface area contributed by atoms with Crippen LogP contribution in [0, 0.1) is 12.8 Å². The number of hydrogen-bond acceptors (Lipinski definition) is 4.